The van der Waals surface area contributed by atoms with E-state index in [0.717, 1.165) is 6.08 Å². The monoisotopic (exact) mass is 255 g/mol. The van der Waals surface area contributed by atoms with Gasteiger partial charge in [0, 0.05) is 21.7 Å². The minimum Gasteiger partial charge on any atom is -0.506 e. The Morgan fingerprint density at radius 1 is 1.25 bits per heavy atom. The van der Waals surface area contributed by atoms with Gasteiger partial charge in [-0.2, -0.15) is 0 Å². The molecule has 1 aliphatic rings. The van der Waals surface area contributed by atoms with E-state index in [1.165, 1.54) is 6.08 Å². The van der Waals surface area contributed by atoms with Gasteiger partial charge in [0.2, 0.25) is 0 Å². The molecule has 2 rings (SSSR count). The Kier molecular flexibility index (Phi) is 2.90. The highest BCUT2D eigenvalue weighted by molar-refractivity contribution is 6.37. The van der Waals surface area contributed by atoms with Crippen LogP contribution in [0.25, 0.3) is 6.08 Å². The van der Waals surface area contributed by atoms with Gasteiger partial charge in [-0.15, -0.1) is 0 Å². The zero-order valence-electron chi connectivity index (χ0n) is 8.00. The van der Waals surface area contributed by atoms with Gasteiger partial charge in [0.05, 0.1) is 5.70 Å². The molecule has 0 saturated heterocycles. The van der Waals surface area contributed by atoms with Gasteiger partial charge in [0.25, 0.3) is 5.91 Å². The van der Waals surface area contributed by atoms with Crippen LogP contribution in [-0.4, -0.2) is 11.0 Å². The number of halogens is 2. The number of hydrogen-bond donors (Lipinski definition) is 2. The van der Waals surface area contributed by atoms with Crippen LogP contribution >= 0.6 is 23.2 Å². The molecule has 1 aromatic rings. The summed E-state index contributed by atoms with van der Waals surface area (Å²) in [6.45, 7) is 0. The van der Waals surface area contributed by atoms with Gasteiger partial charge < -0.3 is 10.4 Å². The highest BCUT2D eigenvalue weighted by Gasteiger charge is 2.17. The van der Waals surface area contributed by atoms with Crippen LogP contribution in [0, 0.1) is 0 Å². The van der Waals surface area contributed by atoms with E-state index in [1.54, 1.807) is 18.2 Å². The Morgan fingerprint density at radius 2 is 1.88 bits per heavy atom. The zero-order valence-corrected chi connectivity index (χ0v) is 9.51. The summed E-state index contributed by atoms with van der Waals surface area (Å²) in [6, 6.07) is 5.07. The van der Waals surface area contributed by atoms with Gasteiger partial charge in [-0.25, -0.2) is 0 Å². The van der Waals surface area contributed by atoms with Crippen LogP contribution in [0.5, 0.6) is 0 Å². The van der Waals surface area contributed by atoms with Crippen LogP contribution in [0.4, 0.5) is 0 Å². The van der Waals surface area contributed by atoms with Crippen molar-refractivity contribution in [1.29, 1.82) is 0 Å². The summed E-state index contributed by atoms with van der Waals surface area (Å²) < 4.78 is 0. The maximum atomic E-state index is 11.0. The first-order valence-electron chi connectivity index (χ1n) is 4.45. The van der Waals surface area contributed by atoms with Crippen molar-refractivity contribution < 1.29 is 9.90 Å². The van der Waals surface area contributed by atoms with Crippen molar-refractivity contribution in [2.45, 2.75) is 0 Å². The molecule has 0 unspecified atom stereocenters. The van der Waals surface area contributed by atoms with Crippen LogP contribution in [-0.2, 0) is 4.79 Å². The lowest BCUT2D eigenvalue weighted by Crippen LogP contribution is -2.13. The summed E-state index contributed by atoms with van der Waals surface area (Å²) in [6.07, 6.45) is 2.62. The molecule has 0 aliphatic carbocycles. The van der Waals surface area contributed by atoms with Crippen molar-refractivity contribution in [2.75, 3.05) is 0 Å². The lowest BCUT2D eigenvalue weighted by atomic mass is 10.2. The van der Waals surface area contributed by atoms with Crippen molar-refractivity contribution in [3.05, 3.63) is 51.3 Å². The maximum absolute atomic E-state index is 11.0. The Balaban J connectivity index is 2.45. The van der Waals surface area contributed by atoms with Crippen molar-refractivity contribution in [1.82, 2.24) is 5.32 Å². The highest BCUT2D eigenvalue weighted by atomic mass is 35.5. The highest BCUT2D eigenvalue weighted by Crippen LogP contribution is 2.27. The molecule has 1 heterocycles. The van der Waals surface area contributed by atoms with Crippen LogP contribution in [0.2, 0.25) is 10.0 Å². The smallest absolute Gasteiger partial charge is 0.252 e. The van der Waals surface area contributed by atoms with Gasteiger partial charge in [0.1, 0.15) is 5.76 Å². The fourth-order valence-electron chi connectivity index (χ4n) is 1.34. The standard InChI is InChI=1S/C11H7Cl2NO2/c12-7-2-1-3-8(13)6(7)4-9-10(15)5-11(16)14-9/h1-5,15H,(H,14,16). The molecule has 1 aliphatic heterocycles. The maximum Gasteiger partial charge on any atom is 0.252 e. The molecule has 0 atom stereocenters. The second-order valence-corrected chi connectivity index (χ2v) is 4.03. The Hall–Kier alpha value is -1.45. The van der Waals surface area contributed by atoms with E-state index in [4.69, 9.17) is 23.2 Å². The first-order chi connectivity index (χ1) is 7.58. The average Bonchev–Trinajstić information content (AvgIpc) is 2.51. The Labute approximate surface area is 102 Å². The van der Waals surface area contributed by atoms with E-state index in [2.05, 4.69) is 5.32 Å². The number of aliphatic hydroxyl groups excluding tert-OH is 1. The molecule has 0 fully saturated rings. The molecule has 1 aromatic carbocycles. The topological polar surface area (TPSA) is 49.3 Å². The summed E-state index contributed by atoms with van der Waals surface area (Å²) in [4.78, 5) is 11.0. The lowest BCUT2D eigenvalue weighted by molar-refractivity contribution is -0.115. The summed E-state index contributed by atoms with van der Waals surface area (Å²) >= 11 is 11.9. The molecule has 0 radical (unpaired) electrons. The number of nitrogens with one attached hydrogen (secondary N) is 1. The number of carbonyl (C=O) groups is 1. The average molecular weight is 256 g/mol. The summed E-state index contributed by atoms with van der Waals surface area (Å²) in [5.74, 6) is -0.493. The second-order valence-electron chi connectivity index (χ2n) is 3.21. The minimum atomic E-state index is -0.369. The van der Waals surface area contributed by atoms with Crippen molar-refractivity contribution >= 4 is 35.2 Å². The zero-order chi connectivity index (χ0) is 11.7. The largest absolute Gasteiger partial charge is 0.506 e. The summed E-state index contributed by atoms with van der Waals surface area (Å²) in [7, 11) is 0. The van der Waals surface area contributed by atoms with E-state index in [0.29, 0.717) is 21.3 Å². The number of benzene rings is 1. The quantitative estimate of drug-likeness (QED) is 0.811. The van der Waals surface area contributed by atoms with Gasteiger partial charge in [0.15, 0.2) is 0 Å². The Bertz CT molecular complexity index is 500. The normalized spacial score (nSPS) is 17.5. The van der Waals surface area contributed by atoms with Gasteiger partial charge in [-0.3, -0.25) is 4.79 Å². The molecule has 0 bridgehead atoms. The van der Waals surface area contributed by atoms with E-state index < -0.39 is 0 Å². The number of amides is 1. The third kappa shape index (κ3) is 2.05. The number of aliphatic hydroxyl groups is 1. The molecule has 5 heteroatoms. The first kappa shape index (κ1) is 11.0. The van der Waals surface area contributed by atoms with Gasteiger partial charge in [-0.05, 0) is 18.2 Å². The number of rotatable bonds is 1. The predicted octanol–water partition coefficient (Wildman–Crippen LogP) is 2.91. The van der Waals surface area contributed by atoms with Crippen LogP contribution in [0.3, 0.4) is 0 Å². The van der Waals surface area contributed by atoms with Gasteiger partial charge >= 0.3 is 0 Å². The lowest BCUT2D eigenvalue weighted by Gasteiger charge is -2.04. The van der Waals surface area contributed by atoms with E-state index in [1.807, 2.05) is 0 Å². The molecule has 0 saturated carbocycles. The van der Waals surface area contributed by atoms with Crippen molar-refractivity contribution in [3.8, 4) is 0 Å². The first-order valence-corrected chi connectivity index (χ1v) is 5.21. The number of carbonyl (C=O) groups excluding carboxylic acids is 1. The molecular formula is C11H7Cl2NO2. The van der Waals surface area contributed by atoms with Crippen LogP contribution < -0.4 is 5.32 Å². The second kappa shape index (κ2) is 4.20. The predicted molar refractivity (Wildman–Crippen MR) is 63.3 cm³/mol. The van der Waals surface area contributed by atoms with Crippen molar-refractivity contribution in [2.24, 2.45) is 0 Å². The van der Waals surface area contributed by atoms with Crippen molar-refractivity contribution in [3.63, 3.8) is 0 Å². The third-order valence-electron chi connectivity index (χ3n) is 2.09. The molecule has 3 nitrogen and oxygen atoms in total. The fraction of sp³-hybridized carbons (Fsp3) is 0. The minimum absolute atomic E-state index is 0.124. The molecule has 1 amide bonds. The van der Waals surface area contributed by atoms with Gasteiger partial charge in [-0.1, -0.05) is 29.3 Å². The SMILES string of the molecule is O=C1C=C(O)C(=Cc2c(Cl)cccc2Cl)N1. The van der Waals surface area contributed by atoms with Crippen LogP contribution in [0.1, 0.15) is 5.56 Å². The molecule has 16 heavy (non-hydrogen) atoms. The third-order valence-corrected chi connectivity index (χ3v) is 2.75. The summed E-state index contributed by atoms with van der Waals surface area (Å²) in [5.41, 5.74) is 0.850. The van der Waals surface area contributed by atoms with Crippen LogP contribution in [0.15, 0.2) is 35.7 Å². The molecule has 2 N–H and O–H groups in total. The molecule has 0 aromatic heterocycles. The fourth-order valence-corrected chi connectivity index (χ4v) is 1.84. The van der Waals surface area contributed by atoms with E-state index in [9.17, 15) is 9.90 Å². The molecule has 82 valence electrons. The molecule has 0 spiro atoms. The Morgan fingerprint density at radius 3 is 2.38 bits per heavy atom. The van der Waals surface area contributed by atoms with E-state index in [-0.39, 0.29) is 11.7 Å². The van der Waals surface area contributed by atoms with E-state index >= 15 is 0 Å². The number of hydrogen-bond acceptors (Lipinski definition) is 2. The summed E-state index contributed by atoms with van der Waals surface area (Å²) in [5, 5.41) is 12.8. The molecular weight excluding hydrogens is 249 g/mol.